The van der Waals surface area contributed by atoms with Gasteiger partial charge < -0.3 is 10.6 Å². The van der Waals surface area contributed by atoms with Crippen molar-refractivity contribution < 1.29 is 52.4 Å². The van der Waals surface area contributed by atoms with Gasteiger partial charge in [0.25, 0.3) is 0 Å². The summed E-state index contributed by atoms with van der Waals surface area (Å²) in [6, 6.07) is 91.0. The molecule has 3 nitrogen and oxygen atoms in total. The molecular formula is C81H102N3P2Zr2-5. The van der Waals surface area contributed by atoms with Gasteiger partial charge in [0.1, 0.15) is 0 Å². The zero-order valence-electron chi connectivity index (χ0n) is 54.5. The maximum Gasteiger partial charge on any atom is 4.00 e. The number of nitrogens with zero attached hydrogens (tertiary/aromatic N) is 3. The van der Waals surface area contributed by atoms with Crippen molar-refractivity contribution in [1.29, 1.82) is 0 Å². The Balaban J connectivity index is 0. The fourth-order valence-corrected chi connectivity index (χ4v) is 8.93. The summed E-state index contributed by atoms with van der Waals surface area (Å²) in [5, 5.41) is 9.68. The number of hydrogen-bond donors (Lipinski definition) is 0. The predicted octanol–water partition coefficient (Wildman–Crippen LogP) is 23.2. The number of rotatable bonds is 14. The molecule has 0 aliphatic carbocycles. The summed E-state index contributed by atoms with van der Waals surface area (Å²) in [4.78, 5) is 4.91. The number of hydrogen-bond acceptors (Lipinski definition) is 1. The van der Waals surface area contributed by atoms with Crippen molar-refractivity contribution in [3.8, 4) is 0 Å². The molecule has 0 aliphatic heterocycles. The van der Waals surface area contributed by atoms with E-state index in [1.165, 1.54) is 16.8 Å². The van der Waals surface area contributed by atoms with E-state index in [1.54, 1.807) is 0 Å². The van der Waals surface area contributed by atoms with Crippen molar-refractivity contribution in [3.05, 3.63) is 382 Å². The van der Waals surface area contributed by atoms with Crippen molar-refractivity contribution >= 4 is 22.9 Å². The van der Waals surface area contributed by atoms with Gasteiger partial charge in [-0.15, -0.1) is 115 Å². The van der Waals surface area contributed by atoms with Crippen LogP contribution in [0.1, 0.15) is 119 Å². The number of aryl methyl sites for hydroxylation is 1. The Morgan fingerprint density at radius 1 is 0.375 bits per heavy atom. The molecule has 0 heterocycles. The topological polar surface area (TPSA) is 40.6 Å². The average molecular weight is 1360 g/mol. The van der Waals surface area contributed by atoms with Crippen LogP contribution in [0.5, 0.6) is 0 Å². The van der Waals surface area contributed by atoms with Crippen LogP contribution in [0.3, 0.4) is 0 Å². The third-order valence-corrected chi connectivity index (χ3v) is 13.9. The van der Waals surface area contributed by atoms with Crippen LogP contribution in [0, 0.1) is 72.1 Å². The molecule has 0 aromatic heterocycles. The van der Waals surface area contributed by atoms with Crippen molar-refractivity contribution in [2.45, 2.75) is 99.7 Å². The Bertz CT molecular complexity index is 2520. The van der Waals surface area contributed by atoms with E-state index in [9.17, 15) is 0 Å². The van der Waals surface area contributed by atoms with E-state index in [1.807, 2.05) is 218 Å². The second-order valence-electron chi connectivity index (χ2n) is 21.7. The molecule has 464 valence electrons. The van der Waals surface area contributed by atoms with E-state index in [-0.39, 0.29) is 58.3 Å². The van der Waals surface area contributed by atoms with Gasteiger partial charge in [-0.3, -0.25) is 4.99 Å². The summed E-state index contributed by atoms with van der Waals surface area (Å²) in [7, 11) is 3.46. The van der Waals surface area contributed by atoms with Crippen LogP contribution in [0.25, 0.3) is 10.6 Å². The molecule has 3 unspecified atom stereocenters. The molecule has 0 aliphatic rings. The quantitative estimate of drug-likeness (QED) is 0.0591. The minimum atomic E-state index is 0. The molecule has 9 rings (SSSR count). The maximum atomic E-state index is 4.93. The van der Waals surface area contributed by atoms with E-state index in [0.29, 0.717) is 44.0 Å². The van der Waals surface area contributed by atoms with Crippen molar-refractivity contribution in [3.63, 3.8) is 0 Å². The minimum Gasteiger partial charge on any atom is -0.671 e. The van der Waals surface area contributed by atoms with E-state index in [2.05, 4.69) is 174 Å². The number of aliphatic imine (C=N–C) groups is 1. The molecule has 0 saturated heterocycles. The molecule has 0 fully saturated rings. The van der Waals surface area contributed by atoms with Gasteiger partial charge in [0.05, 0.1) is 6.04 Å². The molecule has 3 atom stereocenters. The van der Waals surface area contributed by atoms with Crippen LogP contribution in [0.4, 0.5) is 0 Å². The first-order valence-electron chi connectivity index (χ1n) is 29.8. The molecule has 9 aromatic rings. The molecule has 0 bridgehead atoms. The monoisotopic (exact) mass is 1360 g/mol. The zero-order chi connectivity index (χ0) is 63.6. The van der Waals surface area contributed by atoms with Crippen LogP contribution in [0.2, 0.25) is 0 Å². The summed E-state index contributed by atoms with van der Waals surface area (Å²) in [5.41, 5.74) is 11.4. The largest absolute Gasteiger partial charge is 4.00 e. The SMILES string of the molecule is CC(C)C([N-]C([N-]Cc1ccccc1)PP)C(C)C.CC(CCc1ccccc1)=NC(C(C)C)C(C)C.[CH2-]c1ccccc1.[CH2-]c1ccccc1.[CH2-]c1ccccc1.[CH2-]c1ccccc1.[CH2-]c1ccccc1.[CH2-]c1ccccc1.[CH2-]c1ccccc1.[Zr+4].[Zr]. The Kier molecular flexibility index (Phi) is 53.1. The van der Waals surface area contributed by atoms with Crippen LogP contribution < -0.4 is 0 Å². The van der Waals surface area contributed by atoms with Gasteiger partial charge in [-0.05, 0) is 37.2 Å². The Morgan fingerprint density at radius 2 is 0.602 bits per heavy atom. The van der Waals surface area contributed by atoms with Gasteiger partial charge in [0, 0.05) is 31.9 Å². The normalized spacial score (nSPS) is 10.4. The smallest absolute Gasteiger partial charge is 0.671 e. The van der Waals surface area contributed by atoms with Crippen LogP contribution >= 0.6 is 17.2 Å². The van der Waals surface area contributed by atoms with E-state index in [4.69, 9.17) is 15.6 Å². The van der Waals surface area contributed by atoms with Crippen LogP contribution in [0.15, 0.2) is 278 Å². The average Bonchev–Trinajstić information content (AvgIpc) is 3.60. The third kappa shape index (κ3) is 48.2. The van der Waals surface area contributed by atoms with Crippen LogP contribution in [-0.4, -0.2) is 23.7 Å². The third-order valence-electron chi connectivity index (χ3n) is 12.4. The minimum absolute atomic E-state index is 0. The molecule has 9 aromatic carbocycles. The van der Waals surface area contributed by atoms with Gasteiger partial charge in [0.2, 0.25) is 0 Å². The van der Waals surface area contributed by atoms with Gasteiger partial charge in [-0.2, -0.15) is 172 Å². The van der Waals surface area contributed by atoms with Gasteiger partial charge in [-0.25, -0.2) is 5.91 Å². The van der Waals surface area contributed by atoms with Crippen molar-refractivity contribution in [1.82, 2.24) is 0 Å². The number of benzene rings is 9. The second-order valence-corrected chi connectivity index (χ2v) is 23.6. The zero-order valence-corrected chi connectivity index (χ0v) is 61.6. The van der Waals surface area contributed by atoms with Crippen molar-refractivity contribution in [2.24, 2.45) is 28.7 Å². The second kappa shape index (κ2) is 55.4. The van der Waals surface area contributed by atoms with Gasteiger partial charge in [0.15, 0.2) is 0 Å². The molecule has 0 spiro atoms. The molecule has 0 N–H and O–H groups in total. The first kappa shape index (κ1) is 84.3. The van der Waals surface area contributed by atoms with Crippen LogP contribution in [-0.2, 0) is 65.4 Å². The summed E-state index contributed by atoms with van der Waals surface area (Å²) in [6.07, 6.45) is 2.17. The Hall–Kier alpha value is -5.71. The van der Waals surface area contributed by atoms with E-state index < -0.39 is 0 Å². The maximum absolute atomic E-state index is 4.93. The molecule has 88 heavy (non-hydrogen) atoms. The first-order chi connectivity index (χ1) is 41.3. The first-order valence-corrected chi connectivity index (χ1v) is 32.7. The van der Waals surface area contributed by atoms with Gasteiger partial charge in [-0.1, -0.05) is 176 Å². The Labute approximate surface area is 580 Å². The summed E-state index contributed by atoms with van der Waals surface area (Å²) >= 11 is 0. The summed E-state index contributed by atoms with van der Waals surface area (Å²) in [6.45, 7) is 47.0. The Morgan fingerprint density at radius 3 is 0.795 bits per heavy atom. The van der Waals surface area contributed by atoms with E-state index in [0.717, 1.165) is 58.3 Å². The molecule has 7 heteroatoms. The molecular weight excluding hydrogens is 1260 g/mol. The predicted molar refractivity (Wildman–Crippen MR) is 390 cm³/mol. The molecule has 0 saturated carbocycles. The summed E-state index contributed by atoms with van der Waals surface area (Å²) in [5.74, 6) is 2.53. The molecule has 0 radical (unpaired) electrons. The summed E-state index contributed by atoms with van der Waals surface area (Å²) < 4.78 is 0. The van der Waals surface area contributed by atoms with E-state index >= 15 is 0 Å². The fourth-order valence-electron chi connectivity index (χ4n) is 7.90. The van der Waals surface area contributed by atoms with Gasteiger partial charge >= 0.3 is 26.2 Å². The fraction of sp³-hybridized carbons (Fsp3) is 0.235. The van der Waals surface area contributed by atoms with Crippen molar-refractivity contribution in [2.75, 3.05) is 0 Å². The molecule has 0 amide bonds. The standard InChI is InChI=1S/C17H27N.C15H26N2P2.7C7H7.2Zr/c1-13(2)17(14(3)4)18-15(5)11-12-16-9-7-6-8-10-16;1-11(2)14(12(3)4)17-15(19-18)16-10-13-8-6-5-7-9-13;7*1-7-5-3-2-4-6-7;;/h6-10,13-14,17H,11-12H2,1-5H3;5-9,11-12,14-15,19H,10,18H2,1-4H3;7*2-6H,1H2;;/q;-2;7*-1;;+4.